The Morgan fingerprint density at radius 2 is 0.969 bits per heavy atom. The molecular formula is C30H46N2. The van der Waals surface area contributed by atoms with E-state index in [0.29, 0.717) is 0 Å². The van der Waals surface area contributed by atoms with Gasteiger partial charge in [-0.15, -0.1) is 0 Å². The smallest absolute Gasteiger partial charge is 0.0903 e. The Morgan fingerprint density at radius 3 is 1.22 bits per heavy atom. The topological polar surface area (TPSA) is 24.7 Å². The fourth-order valence-electron chi connectivity index (χ4n) is 3.36. The molecule has 0 spiro atoms. The van der Waals surface area contributed by atoms with E-state index in [1.807, 2.05) is 14.1 Å². The Bertz CT molecular complexity index is 857. The highest BCUT2D eigenvalue weighted by Gasteiger charge is 2.23. The van der Waals surface area contributed by atoms with Crippen LogP contribution in [0.4, 0.5) is 0 Å². The average molecular weight is 435 g/mol. The number of allylic oxidation sites excluding steroid dienone is 12. The van der Waals surface area contributed by atoms with Crippen LogP contribution in [-0.2, 0) is 0 Å². The molecule has 0 bridgehead atoms. The predicted molar refractivity (Wildman–Crippen MR) is 146 cm³/mol. The lowest BCUT2D eigenvalue weighted by Gasteiger charge is -2.24. The van der Waals surface area contributed by atoms with E-state index >= 15 is 0 Å². The molecule has 0 radical (unpaired) electrons. The second-order valence-electron chi connectivity index (χ2n) is 10.2. The first-order valence-electron chi connectivity index (χ1n) is 11.9. The molecule has 0 amide bonds. The van der Waals surface area contributed by atoms with Crippen molar-refractivity contribution in [2.75, 3.05) is 14.1 Å². The molecule has 0 N–H and O–H groups in total. The summed E-state index contributed by atoms with van der Waals surface area (Å²) >= 11 is 0. The van der Waals surface area contributed by atoms with E-state index in [2.05, 4.69) is 116 Å². The lowest BCUT2D eigenvalue weighted by Crippen LogP contribution is -2.23. The highest BCUT2D eigenvalue weighted by Crippen LogP contribution is 2.31. The number of nitrogens with zero attached hydrogens (tertiary/aromatic N) is 2. The predicted octanol–water partition coefficient (Wildman–Crippen LogP) is 8.65. The van der Waals surface area contributed by atoms with Gasteiger partial charge in [0.15, 0.2) is 0 Å². The SMILES string of the molecule is CCC(C)(C)/C(C)=C/C=C(\C)C1=CC=C(/C(C)=C/C=C(\C)C(C)(C)CC)C(=N/C)/C1=N\C. The Morgan fingerprint density at radius 1 is 0.656 bits per heavy atom. The van der Waals surface area contributed by atoms with Gasteiger partial charge in [-0.2, -0.15) is 0 Å². The van der Waals surface area contributed by atoms with E-state index in [0.717, 1.165) is 35.4 Å². The molecule has 1 rings (SSSR count). The molecule has 2 nitrogen and oxygen atoms in total. The van der Waals surface area contributed by atoms with Gasteiger partial charge in [-0.25, -0.2) is 0 Å². The van der Waals surface area contributed by atoms with Gasteiger partial charge in [0.05, 0.1) is 11.4 Å². The standard InChI is InChI=1S/C30H46N2/c1-13-29(7,8)23(5)17-15-21(3)25-19-20-26(28(32-12)27(25)31-11)22(4)16-18-24(6)30(9,10)14-2/h15-20H,13-14H2,1-12H3/b21-15+,22-16+,23-17+,24-18+,31-27-,32-28-. The fourth-order valence-corrected chi connectivity index (χ4v) is 3.36. The van der Waals surface area contributed by atoms with Crippen molar-refractivity contribution in [3.8, 4) is 0 Å². The minimum absolute atomic E-state index is 0.211. The van der Waals surface area contributed by atoms with Gasteiger partial charge < -0.3 is 0 Å². The van der Waals surface area contributed by atoms with Crippen molar-refractivity contribution in [1.29, 1.82) is 0 Å². The number of hydrogen-bond acceptors (Lipinski definition) is 2. The van der Waals surface area contributed by atoms with E-state index in [-0.39, 0.29) is 10.8 Å². The van der Waals surface area contributed by atoms with E-state index in [4.69, 9.17) is 0 Å². The van der Waals surface area contributed by atoms with Crippen LogP contribution in [0.1, 0.15) is 82.1 Å². The van der Waals surface area contributed by atoms with Crippen molar-refractivity contribution in [2.24, 2.45) is 20.8 Å². The van der Waals surface area contributed by atoms with Crippen LogP contribution in [0.25, 0.3) is 0 Å². The molecule has 176 valence electrons. The van der Waals surface area contributed by atoms with Gasteiger partial charge in [-0.3, -0.25) is 9.98 Å². The van der Waals surface area contributed by atoms with E-state index in [9.17, 15) is 0 Å². The lowest BCUT2D eigenvalue weighted by atomic mass is 9.81. The number of hydrogen-bond donors (Lipinski definition) is 0. The van der Waals surface area contributed by atoms with Crippen molar-refractivity contribution >= 4 is 11.4 Å². The molecule has 2 heteroatoms. The molecule has 0 aromatic heterocycles. The Labute approximate surface area is 198 Å². The summed E-state index contributed by atoms with van der Waals surface area (Å²) in [5.41, 5.74) is 9.81. The summed E-state index contributed by atoms with van der Waals surface area (Å²) in [6, 6.07) is 0. The average Bonchev–Trinajstić information content (AvgIpc) is 2.78. The summed E-state index contributed by atoms with van der Waals surface area (Å²) in [4.78, 5) is 9.29. The highest BCUT2D eigenvalue weighted by atomic mass is 14.8. The van der Waals surface area contributed by atoms with Crippen molar-refractivity contribution in [1.82, 2.24) is 0 Å². The fraction of sp³-hybridized carbons (Fsp3) is 0.533. The van der Waals surface area contributed by atoms with Crippen LogP contribution < -0.4 is 0 Å². The van der Waals surface area contributed by atoms with E-state index in [1.165, 1.54) is 22.3 Å². The third-order valence-electron chi connectivity index (χ3n) is 7.52. The molecule has 1 aliphatic rings. The normalized spacial score (nSPS) is 20.1. The van der Waals surface area contributed by atoms with Crippen LogP contribution in [0.2, 0.25) is 0 Å². The van der Waals surface area contributed by atoms with Gasteiger partial charge in [0.2, 0.25) is 0 Å². The van der Waals surface area contributed by atoms with Crippen molar-refractivity contribution in [3.63, 3.8) is 0 Å². The maximum absolute atomic E-state index is 4.65. The molecule has 0 aromatic rings. The summed E-state index contributed by atoms with van der Waals surface area (Å²) in [7, 11) is 3.72. The second kappa shape index (κ2) is 11.6. The molecule has 0 heterocycles. The summed E-state index contributed by atoms with van der Waals surface area (Å²) in [6.07, 6.45) is 15.6. The van der Waals surface area contributed by atoms with E-state index < -0.39 is 0 Å². The van der Waals surface area contributed by atoms with Crippen LogP contribution in [0.15, 0.2) is 79.9 Å². The summed E-state index contributed by atoms with van der Waals surface area (Å²) in [5.74, 6) is 0. The molecule has 0 atom stereocenters. The molecule has 0 saturated heterocycles. The van der Waals surface area contributed by atoms with Gasteiger partial charge in [0.1, 0.15) is 0 Å². The van der Waals surface area contributed by atoms with Crippen molar-refractivity contribution < 1.29 is 0 Å². The zero-order valence-electron chi connectivity index (χ0n) is 22.8. The molecule has 0 aliphatic heterocycles. The number of rotatable bonds is 8. The molecule has 0 saturated carbocycles. The van der Waals surface area contributed by atoms with Crippen LogP contribution >= 0.6 is 0 Å². The Hall–Kier alpha value is -2.22. The zero-order valence-corrected chi connectivity index (χ0v) is 22.8. The molecular weight excluding hydrogens is 388 g/mol. The molecule has 0 unspecified atom stereocenters. The summed E-state index contributed by atoms with van der Waals surface area (Å²) < 4.78 is 0. The minimum atomic E-state index is 0.211. The maximum Gasteiger partial charge on any atom is 0.0903 e. The van der Waals surface area contributed by atoms with Crippen LogP contribution in [0, 0.1) is 10.8 Å². The molecule has 0 aromatic carbocycles. The van der Waals surface area contributed by atoms with Crippen LogP contribution in [0.5, 0.6) is 0 Å². The minimum Gasteiger partial charge on any atom is -0.286 e. The van der Waals surface area contributed by atoms with Crippen molar-refractivity contribution in [2.45, 2.75) is 82.1 Å². The molecule has 0 fully saturated rings. The maximum atomic E-state index is 4.65. The third-order valence-corrected chi connectivity index (χ3v) is 7.52. The second-order valence-corrected chi connectivity index (χ2v) is 10.2. The monoisotopic (exact) mass is 434 g/mol. The summed E-state index contributed by atoms with van der Waals surface area (Å²) in [5, 5.41) is 0. The van der Waals surface area contributed by atoms with Gasteiger partial charge in [0.25, 0.3) is 0 Å². The van der Waals surface area contributed by atoms with Gasteiger partial charge >= 0.3 is 0 Å². The van der Waals surface area contributed by atoms with Crippen molar-refractivity contribution in [3.05, 3.63) is 69.9 Å². The van der Waals surface area contributed by atoms with Gasteiger partial charge in [-0.05, 0) is 62.5 Å². The quantitative estimate of drug-likeness (QED) is 0.270. The first-order valence-corrected chi connectivity index (χ1v) is 11.9. The number of aliphatic imine (C=N–C) groups is 2. The van der Waals surface area contributed by atoms with Crippen LogP contribution in [-0.4, -0.2) is 25.5 Å². The van der Waals surface area contributed by atoms with E-state index in [1.54, 1.807) is 0 Å². The highest BCUT2D eigenvalue weighted by molar-refractivity contribution is 6.56. The zero-order chi connectivity index (χ0) is 24.7. The van der Waals surface area contributed by atoms with Gasteiger partial charge in [0, 0.05) is 25.2 Å². The van der Waals surface area contributed by atoms with Gasteiger partial charge in [-0.1, -0.05) is 89.1 Å². The molecule has 1 aliphatic carbocycles. The Kier molecular flexibility index (Phi) is 10.1. The van der Waals surface area contributed by atoms with Crippen LogP contribution in [0.3, 0.4) is 0 Å². The first kappa shape index (κ1) is 27.8. The summed E-state index contributed by atoms with van der Waals surface area (Å²) in [6.45, 7) is 22.4. The third kappa shape index (κ3) is 6.64. The Balaban J connectivity index is 3.43. The first-order chi connectivity index (χ1) is 14.9. The largest absolute Gasteiger partial charge is 0.286 e. The molecule has 32 heavy (non-hydrogen) atoms. The lowest BCUT2D eigenvalue weighted by molar-refractivity contribution is 0.429.